The second-order valence-corrected chi connectivity index (χ2v) is 12.8. The lowest BCUT2D eigenvalue weighted by Crippen LogP contribution is -2.51. The van der Waals surface area contributed by atoms with Crippen molar-refractivity contribution in [2.24, 2.45) is 5.92 Å². The van der Waals surface area contributed by atoms with Crippen LogP contribution in [0.25, 0.3) is 0 Å². The van der Waals surface area contributed by atoms with E-state index in [0.29, 0.717) is 29.0 Å². The zero-order chi connectivity index (χ0) is 16.2. The third-order valence-corrected chi connectivity index (χ3v) is 11.1. The van der Waals surface area contributed by atoms with Crippen LogP contribution in [0.2, 0.25) is 16.6 Å². The number of hydrogen-bond acceptors (Lipinski definition) is 2. The number of Topliss-reactive ketones (excluding diaryl/α,β-unsaturated/α-hetero) is 1. The van der Waals surface area contributed by atoms with Gasteiger partial charge in [0.2, 0.25) is 14.1 Å². The number of carbonyl (C=O) groups excluding carboxylic acids is 1. The third-order valence-electron chi connectivity index (χ3n) is 5.01. The van der Waals surface area contributed by atoms with E-state index in [-0.39, 0.29) is 11.9 Å². The highest BCUT2D eigenvalue weighted by Gasteiger charge is 2.47. The first-order valence-electron chi connectivity index (χ1n) is 8.41. The van der Waals surface area contributed by atoms with E-state index in [1.165, 1.54) is 0 Å². The molecule has 2 nitrogen and oxygen atoms in total. The van der Waals surface area contributed by atoms with Crippen LogP contribution in [0.5, 0.6) is 0 Å². The summed E-state index contributed by atoms with van der Waals surface area (Å²) in [7, 11) is -1.88. The summed E-state index contributed by atoms with van der Waals surface area (Å²) in [6.45, 7) is 16.1. The van der Waals surface area contributed by atoms with Gasteiger partial charge in [0.05, 0.1) is 0 Å². The Morgan fingerprint density at radius 3 is 2.10 bits per heavy atom. The van der Waals surface area contributed by atoms with Gasteiger partial charge in [0.15, 0.2) is 0 Å². The fraction of sp³-hybridized carbons (Fsp3) is 0.833. The molecular weight excluding hydrogens is 276 g/mol. The Hall–Kier alpha value is -0.593. The Bertz CT molecular complexity index is 393. The van der Waals surface area contributed by atoms with E-state index < -0.39 is 8.32 Å². The number of carbonyl (C=O) groups is 1. The number of hydrogen-bond donors (Lipinski definition) is 0. The Kier molecular flexibility index (Phi) is 6.68. The second kappa shape index (κ2) is 7.60. The quantitative estimate of drug-likeness (QED) is 0.408. The smallest absolute Gasteiger partial charge is 0.205 e. The van der Waals surface area contributed by atoms with Crippen molar-refractivity contribution in [1.82, 2.24) is 0 Å². The van der Waals surface area contributed by atoms with Crippen LogP contribution in [0.3, 0.4) is 0 Å². The van der Waals surface area contributed by atoms with E-state index in [9.17, 15) is 4.79 Å². The molecule has 0 fully saturated rings. The van der Waals surface area contributed by atoms with E-state index in [1.54, 1.807) is 0 Å². The molecular formula is C18H32O2Si. The van der Waals surface area contributed by atoms with Crippen LogP contribution in [0.1, 0.15) is 67.7 Å². The van der Waals surface area contributed by atoms with Gasteiger partial charge < -0.3 is 4.43 Å². The predicted molar refractivity (Wildman–Crippen MR) is 91.7 cm³/mol. The van der Waals surface area contributed by atoms with Crippen molar-refractivity contribution in [1.29, 1.82) is 0 Å². The molecule has 0 aromatic carbocycles. The Morgan fingerprint density at radius 2 is 1.62 bits per heavy atom. The van der Waals surface area contributed by atoms with Gasteiger partial charge in [-0.2, -0.15) is 0 Å². The van der Waals surface area contributed by atoms with E-state index >= 15 is 0 Å². The van der Waals surface area contributed by atoms with Crippen molar-refractivity contribution < 1.29 is 9.22 Å². The van der Waals surface area contributed by atoms with Crippen molar-refractivity contribution in [3.8, 4) is 11.8 Å². The third kappa shape index (κ3) is 4.20. The first-order valence-corrected chi connectivity index (χ1v) is 10.5. The predicted octanol–water partition coefficient (Wildman–Crippen LogP) is 4.94. The second-order valence-electron chi connectivity index (χ2n) is 7.42. The zero-order valence-corrected chi connectivity index (χ0v) is 15.8. The van der Waals surface area contributed by atoms with Crippen molar-refractivity contribution in [3.63, 3.8) is 0 Å². The van der Waals surface area contributed by atoms with Crippen molar-refractivity contribution in [2.75, 3.05) is 0 Å². The summed E-state index contributed by atoms with van der Waals surface area (Å²) in [5.74, 6) is 6.24. The molecule has 0 unspecified atom stereocenters. The van der Waals surface area contributed by atoms with Gasteiger partial charge in [0, 0.05) is 18.9 Å². The van der Waals surface area contributed by atoms with E-state index in [2.05, 4.69) is 60.3 Å². The van der Waals surface area contributed by atoms with Gasteiger partial charge in [-0.15, -0.1) is 0 Å². The highest BCUT2D eigenvalue weighted by atomic mass is 28.4. The molecule has 0 bridgehead atoms. The number of rotatable bonds is 5. The molecule has 0 aromatic heterocycles. The van der Waals surface area contributed by atoms with Gasteiger partial charge in [-0.3, -0.25) is 4.79 Å². The van der Waals surface area contributed by atoms with E-state index in [4.69, 9.17) is 4.43 Å². The first-order chi connectivity index (χ1) is 9.71. The minimum absolute atomic E-state index is 0.0707. The molecule has 0 aromatic rings. The lowest BCUT2D eigenvalue weighted by Gasteiger charge is -2.46. The molecule has 2 atom stereocenters. The summed E-state index contributed by atoms with van der Waals surface area (Å²) >= 11 is 0. The largest absolute Gasteiger partial charge is 0.413 e. The van der Waals surface area contributed by atoms with Crippen molar-refractivity contribution in [2.45, 2.75) is 90.5 Å². The molecule has 0 radical (unpaired) electrons. The van der Waals surface area contributed by atoms with E-state index in [1.807, 2.05) is 0 Å². The molecule has 3 heteroatoms. The minimum Gasteiger partial charge on any atom is -0.413 e. The summed E-state index contributed by atoms with van der Waals surface area (Å²) in [6, 6.07) is 0. The van der Waals surface area contributed by atoms with Crippen LogP contribution in [0.4, 0.5) is 0 Å². The van der Waals surface area contributed by atoms with Crippen LogP contribution in [0, 0.1) is 17.8 Å². The van der Waals surface area contributed by atoms with Gasteiger partial charge in [-0.05, 0) is 34.9 Å². The monoisotopic (exact) mass is 308 g/mol. The lowest BCUT2D eigenvalue weighted by molar-refractivity contribution is -0.114. The van der Waals surface area contributed by atoms with Crippen LogP contribution in [-0.2, 0) is 9.22 Å². The molecule has 120 valence electrons. The average Bonchev–Trinajstić information content (AvgIpc) is 2.35. The molecule has 1 aliphatic rings. The molecule has 0 aliphatic heterocycles. The summed E-state index contributed by atoms with van der Waals surface area (Å²) in [6.07, 6.45) is 2.33. The summed E-state index contributed by atoms with van der Waals surface area (Å²) in [4.78, 5) is 11.6. The molecule has 21 heavy (non-hydrogen) atoms. The van der Waals surface area contributed by atoms with Gasteiger partial charge in [0.25, 0.3) is 0 Å². The molecule has 0 amide bonds. The highest BCUT2D eigenvalue weighted by molar-refractivity contribution is 6.77. The van der Waals surface area contributed by atoms with Crippen LogP contribution < -0.4 is 0 Å². The van der Waals surface area contributed by atoms with Crippen LogP contribution in [0.15, 0.2) is 0 Å². The maximum atomic E-state index is 11.6. The first kappa shape index (κ1) is 18.5. The van der Waals surface area contributed by atoms with Gasteiger partial charge >= 0.3 is 0 Å². The van der Waals surface area contributed by atoms with Gasteiger partial charge in [0.1, 0.15) is 0 Å². The summed E-state index contributed by atoms with van der Waals surface area (Å²) in [5.41, 5.74) is 1.74. The summed E-state index contributed by atoms with van der Waals surface area (Å²) < 4.78 is 6.88. The number of ketones is 1. The molecule has 0 N–H and O–H groups in total. The molecule has 1 aliphatic carbocycles. The maximum absolute atomic E-state index is 11.6. The van der Waals surface area contributed by atoms with Crippen molar-refractivity contribution in [3.05, 3.63) is 0 Å². The standard InChI is InChI=1S/C18H32O2Si/c1-13(2)21(14(3)4,15(5)6)20-18-12-11-17(19)10-8-9-16(18)7/h13-16,18H,9,11-12H2,1-7H3/t16-,18+/m1/s1. The molecule has 0 spiro atoms. The fourth-order valence-corrected chi connectivity index (χ4v) is 9.60. The lowest BCUT2D eigenvalue weighted by atomic mass is 9.94. The van der Waals surface area contributed by atoms with Gasteiger partial charge in [-0.1, -0.05) is 54.4 Å². The molecule has 0 saturated carbocycles. The zero-order valence-electron chi connectivity index (χ0n) is 14.8. The van der Waals surface area contributed by atoms with E-state index in [0.717, 1.165) is 12.8 Å². The minimum atomic E-state index is -1.88. The average molecular weight is 309 g/mol. The molecule has 0 saturated heterocycles. The van der Waals surface area contributed by atoms with Gasteiger partial charge in [-0.25, -0.2) is 0 Å². The van der Waals surface area contributed by atoms with Crippen LogP contribution in [-0.4, -0.2) is 20.2 Å². The van der Waals surface area contributed by atoms with Crippen molar-refractivity contribution >= 4 is 14.1 Å². The molecule has 1 rings (SSSR count). The Morgan fingerprint density at radius 1 is 1.10 bits per heavy atom. The Labute approximate surface area is 132 Å². The van der Waals surface area contributed by atoms with Crippen LogP contribution >= 0.6 is 0 Å². The highest BCUT2D eigenvalue weighted by Crippen LogP contribution is 2.44. The molecule has 0 heterocycles. The normalized spacial score (nSPS) is 24.0. The fourth-order valence-electron chi connectivity index (χ4n) is 3.91. The topological polar surface area (TPSA) is 26.3 Å². The Balaban J connectivity index is 3.02. The maximum Gasteiger partial charge on any atom is 0.205 e. The SMILES string of the molecule is CC(C)[Si](O[C@H]1CCC(=O)C#CC[C@H]1C)(C(C)C)C(C)C. The summed E-state index contributed by atoms with van der Waals surface area (Å²) in [5, 5.41) is 0.